The molecular weight excluding hydrogens is 341 g/mol. The summed E-state index contributed by atoms with van der Waals surface area (Å²) in [4.78, 5) is 14.2. The second kappa shape index (κ2) is 8.05. The average Bonchev–Trinajstić information content (AvgIpc) is 2.59. The number of alkyl halides is 3. The van der Waals surface area contributed by atoms with Crippen molar-refractivity contribution in [1.29, 1.82) is 5.26 Å². The van der Waals surface area contributed by atoms with Gasteiger partial charge in [-0.15, -0.1) is 0 Å². The summed E-state index contributed by atoms with van der Waals surface area (Å²) < 4.78 is 38.5. The molecule has 0 aliphatic carbocycles. The molecule has 2 aromatic carbocycles. The van der Waals surface area contributed by atoms with Gasteiger partial charge in [0.2, 0.25) is 5.91 Å². The third-order valence-electron chi connectivity index (χ3n) is 3.99. The zero-order chi connectivity index (χ0) is 19.3. The van der Waals surface area contributed by atoms with E-state index in [1.807, 2.05) is 19.9 Å². The minimum Gasteiger partial charge on any atom is -0.336 e. The second-order valence-electron chi connectivity index (χ2n) is 6.30. The van der Waals surface area contributed by atoms with Crippen LogP contribution in [-0.4, -0.2) is 16.8 Å². The molecule has 0 radical (unpaired) electrons. The number of amides is 1. The minimum absolute atomic E-state index is 0.0988. The molecule has 0 heterocycles. The van der Waals surface area contributed by atoms with Crippen molar-refractivity contribution in [2.75, 3.05) is 0 Å². The first-order chi connectivity index (χ1) is 12.2. The molecule has 6 heteroatoms. The van der Waals surface area contributed by atoms with Crippen LogP contribution in [0.2, 0.25) is 0 Å². The molecular formula is C20H19F3N2O. The molecule has 0 aromatic heterocycles. The van der Waals surface area contributed by atoms with Crippen molar-refractivity contribution < 1.29 is 18.0 Å². The molecule has 0 N–H and O–H groups in total. The van der Waals surface area contributed by atoms with Crippen LogP contribution >= 0.6 is 0 Å². The summed E-state index contributed by atoms with van der Waals surface area (Å²) in [7, 11) is 0. The Balaban J connectivity index is 2.14. The fourth-order valence-electron chi connectivity index (χ4n) is 2.57. The number of benzene rings is 2. The van der Waals surface area contributed by atoms with E-state index in [9.17, 15) is 18.0 Å². The normalized spacial score (nSPS) is 11.3. The lowest BCUT2D eigenvalue weighted by Crippen LogP contribution is -2.37. The predicted octanol–water partition coefficient (Wildman–Crippen LogP) is 4.56. The van der Waals surface area contributed by atoms with Crippen molar-refractivity contribution in [2.24, 2.45) is 0 Å². The number of hydrogen-bond donors (Lipinski definition) is 0. The van der Waals surface area contributed by atoms with Gasteiger partial charge in [-0.2, -0.15) is 18.4 Å². The van der Waals surface area contributed by atoms with E-state index >= 15 is 0 Å². The molecule has 0 atom stereocenters. The molecule has 0 unspecified atom stereocenters. The topological polar surface area (TPSA) is 44.1 Å². The number of carbonyl (C=O) groups excluding carboxylic acids is 1. The minimum atomic E-state index is -4.43. The molecule has 2 rings (SSSR count). The fourth-order valence-corrected chi connectivity index (χ4v) is 2.57. The van der Waals surface area contributed by atoms with Crippen LogP contribution in [0.1, 0.15) is 36.1 Å². The lowest BCUT2D eigenvalue weighted by molar-refractivity contribution is -0.138. The summed E-state index contributed by atoms with van der Waals surface area (Å²) in [5, 5.41) is 8.84. The molecule has 0 saturated carbocycles. The molecule has 0 aliphatic heterocycles. The number of nitriles is 1. The van der Waals surface area contributed by atoms with Crippen LogP contribution < -0.4 is 0 Å². The smallest absolute Gasteiger partial charge is 0.336 e. The summed E-state index contributed by atoms with van der Waals surface area (Å²) >= 11 is 0. The number of nitrogens with zero attached hydrogens (tertiary/aromatic N) is 2. The maximum absolute atomic E-state index is 12.8. The molecule has 3 nitrogen and oxygen atoms in total. The Morgan fingerprint density at radius 1 is 1.12 bits per heavy atom. The highest BCUT2D eigenvalue weighted by Gasteiger charge is 2.30. The SMILES string of the molecule is CC(C)N(Cc1ccc(C#N)cc1)C(=O)Cc1cccc(C(F)(F)F)c1. The molecule has 0 spiro atoms. The van der Waals surface area contributed by atoms with Crippen molar-refractivity contribution in [1.82, 2.24) is 4.90 Å². The van der Waals surface area contributed by atoms with Gasteiger partial charge >= 0.3 is 6.18 Å². The number of rotatable bonds is 5. The summed E-state index contributed by atoms with van der Waals surface area (Å²) in [6.07, 6.45) is -4.53. The summed E-state index contributed by atoms with van der Waals surface area (Å²) in [5.41, 5.74) is 0.955. The quantitative estimate of drug-likeness (QED) is 0.785. The molecule has 0 aliphatic rings. The zero-order valence-electron chi connectivity index (χ0n) is 14.5. The Labute approximate surface area is 150 Å². The Morgan fingerprint density at radius 3 is 2.31 bits per heavy atom. The third kappa shape index (κ3) is 5.09. The first-order valence-corrected chi connectivity index (χ1v) is 8.15. The standard InChI is InChI=1S/C20H19F3N2O/c1-14(2)25(13-16-8-6-15(12-24)7-9-16)19(26)11-17-4-3-5-18(10-17)20(21,22)23/h3-10,14H,11,13H2,1-2H3. The molecule has 0 saturated heterocycles. The maximum atomic E-state index is 12.8. The Bertz CT molecular complexity index is 805. The van der Waals surface area contributed by atoms with Gasteiger partial charge in [-0.3, -0.25) is 4.79 Å². The number of carbonyl (C=O) groups is 1. The first kappa shape index (κ1) is 19.5. The van der Waals surface area contributed by atoms with E-state index in [1.54, 1.807) is 29.2 Å². The van der Waals surface area contributed by atoms with Crippen LogP contribution in [0.15, 0.2) is 48.5 Å². The van der Waals surface area contributed by atoms with Gasteiger partial charge in [0.25, 0.3) is 0 Å². The lowest BCUT2D eigenvalue weighted by atomic mass is 10.1. The van der Waals surface area contributed by atoms with Crippen LogP contribution in [0.4, 0.5) is 13.2 Å². The monoisotopic (exact) mass is 360 g/mol. The highest BCUT2D eigenvalue weighted by Crippen LogP contribution is 2.29. The molecule has 26 heavy (non-hydrogen) atoms. The molecule has 136 valence electrons. The van der Waals surface area contributed by atoms with E-state index in [0.29, 0.717) is 17.7 Å². The van der Waals surface area contributed by atoms with Gasteiger partial charge < -0.3 is 4.90 Å². The lowest BCUT2D eigenvalue weighted by Gasteiger charge is -2.27. The van der Waals surface area contributed by atoms with Gasteiger partial charge in [-0.05, 0) is 43.2 Å². The fraction of sp³-hybridized carbons (Fsp3) is 0.300. The highest BCUT2D eigenvalue weighted by molar-refractivity contribution is 5.79. The molecule has 1 amide bonds. The van der Waals surface area contributed by atoms with Crippen LogP contribution in [0.5, 0.6) is 0 Å². The van der Waals surface area contributed by atoms with Crippen molar-refractivity contribution in [2.45, 2.75) is 39.0 Å². The second-order valence-corrected chi connectivity index (χ2v) is 6.30. The van der Waals surface area contributed by atoms with Gasteiger partial charge in [0.1, 0.15) is 0 Å². The Hall–Kier alpha value is -2.81. The number of hydrogen-bond acceptors (Lipinski definition) is 2. The van der Waals surface area contributed by atoms with E-state index in [2.05, 4.69) is 0 Å². The van der Waals surface area contributed by atoms with Crippen LogP contribution in [0, 0.1) is 11.3 Å². The molecule has 0 fully saturated rings. The maximum Gasteiger partial charge on any atom is 0.416 e. The van der Waals surface area contributed by atoms with Gasteiger partial charge in [0.05, 0.1) is 23.6 Å². The summed E-state index contributed by atoms with van der Waals surface area (Å²) in [5.74, 6) is -0.247. The van der Waals surface area contributed by atoms with E-state index < -0.39 is 11.7 Å². The van der Waals surface area contributed by atoms with E-state index in [1.165, 1.54) is 12.1 Å². The molecule has 0 bridgehead atoms. The average molecular weight is 360 g/mol. The van der Waals surface area contributed by atoms with Gasteiger partial charge in [0.15, 0.2) is 0 Å². The summed E-state index contributed by atoms with van der Waals surface area (Å²) in [6, 6.07) is 13.6. The number of halogens is 3. The summed E-state index contributed by atoms with van der Waals surface area (Å²) in [6.45, 7) is 4.04. The van der Waals surface area contributed by atoms with Crippen molar-refractivity contribution in [3.8, 4) is 6.07 Å². The largest absolute Gasteiger partial charge is 0.416 e. The van der Waals surface area contributed by atoms with E-state index in [4.69, 9.17) is 5.26 Å². The molecule has 2 aromatic rings. The highest BCUT2D eigenvalue weighted by atomic mass is 19.4. The predicted molar refractivity (Wildman–Crippen MR) is 92.0 cm³/mol. The zero-order valence-corrected chi connectivity index (χ0v) is 14.5. The van der Waals surface area contributed by atoms with Crippen molar-refractivity contribution in [3.63, 3.8) is 0 Å². The Kier molecular flexibility index (Phi) is 6.04. The van der Waals surface area contributed by atoms with Crippen LogP contribution in [0.3, 0.4) is 0 Å². The van der Waals surface area contributed by atoms with Gasteiger partial charge in [-0.25, -0.2) is 0 Å². The van der Waals surface area contributed by atoms with E-state index in [-0.39, 0.29) is 18.4 Å². The first-order valence-electron chi connectivity index (χ1n) is 8.15. The van der Waals surface area contributed by atoms with Gasteiger partial charge in [0, 0.05) is 12.6 Å². The van der Waals surface area contributed by atoms with Crippen LogP contribution in [-0.2, 0) is 23.9 Å². The third-order valence-corrected chi connectivity index (χ3v) is 3.99. The van der Waals surface area contributed by atoms with Gasteiger partial charge in [-0.1, -0.05) is 30.3 Å². The van der Waals surface area contributed by atoms with Crippen LogP contribution in [0.25, 0.3) is 0 Å². The Morgan fingerprint density at radius 2 is 1.77 bits per heavy atom. The van der Waals surface area contributed by atoms with Crippen molar-refractivity contribution >= 4 is 5.91 Å². The van der Waals surface area contributed by atoms with E-state index in [0.717, 1.165) is 17.7 Å². The van der Waals surface area contributed by atoms with Crippen molar-refractivity contribution in [3.05, 3.63) is 70.8 Å².